The van der Waals surface area contributed by atoms with Crippen LogP contribution in [0.4, 0.5) is 0 Å². The number of benzene rings is 8. The Morgan fingerprint density at radius 2 is 0.930 bits per heavy atom. The van der Waals surface area contributed by atoms with E-state index < -0.39 is 0 Å². The third-order valence-electron chi connectivity index (χ3n) is 13.0. The molecule has 2 aromatic heterocycles. The van der Waals surface area contributed by atoms with Crippen LogP contribution in [-0.2, 0) is 10.8 Å². The molecule has 57 heavy (non-hydrogen) atoms. The fourth-order valence-corrected chi connectivity index (χ4v) is 9.56. The van der Waals surface area contributed by atoms with E-state index in [1.54, 1.807) is 0 Å². The quantitative estimate of drug-likeness (QED) is 0.181. The van der Waals surface area contributed by atoms with E-state index in [0.717, 1.165) is 33.2 Å². The lowest BCUT2D eigenvalue weighted by atomic mass is 9.54. The van der Waals surface area contributed by atoms with Crippen LogP contribution in [-0.4, -0.2) is 19.5 Å². The molecule has 1 aliphatic rings. The zero-order valence-corrected chi connectivity index (χ0v) is 32.5. The lowest BCUT2D eigenvalue weighted by Gasteiger charge is -2.49. The van der Waals surface area contributed by atoms with Gasteiger partial charge in [0.15, 0.2) is 17.5 Å². The molecule has 0 fully saturated rings. The van der Waals surface area contributed by atoms with E-state index in [9.17, 15) is 0 Å². The minimum absolute atomic E-state index is 0.148. The summed E-state index contributed by atoms with van der Waals surface area (Å²) in [7, 11) is 0. The predicted octanol–water partition coefficient (Wildman–Crippen LogP) is 13.5. The minimum Gasteiger partial charge on any atom is -0.308 e. The summed E-state index contributed by atoms with van der Waals surface area (Å²) in [6.07, 6.45) is 0. The Morgan fingerprint density at radius 1 is 0.404 bits per heavy atom. The fraction of sp³-hybridized carbons (Fsp3) is 0.113. The lowest BCUT2D eigenvalue weighted by Crippen LogP contribution is -2.44. The van der Waals surface area contributed by atoms with Gasteiger partial charge in [0, 0.05) is 38.3 Å². The van der Waals surface area contributed by atoms with Crippen LogP contribution >= 0.6 is 0 Å². The van der Waals surface area contributed by atoms with E-state index in [-0.39, 0.29) is 10.8 Å². The van der Waals surface area contributed by atoms with Crippen molar-refractivity contribution in [3.8, 4) is 51.0 Å². The molecular formula is C53H40N4. The van der Waals surface area contributed by atoms with Gasteiger partial charge in [0.05, 0.1) is 16.7 Å². The van der Waals surface area contributed by atoms with Crippen LogP contribution < -0.4 is 0 Å². The second-order valence-corrected chi connectivity index (χ2v) is 16.4. The normalized spacial score (nSPS) is 14.2. The molecule has 0 amide bonds. The lowest BCUT2D eigenvalue weighted by molar-refractivity contribution is 0.301. The van der Waals surface area contributed by atoms with Crippen molar-refractivity contribution in [3.63, 3.8) is 0 Å². The third-order valence-corrected chi connectivity index (χ3v) is 13.0. The van der Waals surface area contributed by atoms with Crippen LogP contribution in [0.15, 0.2) is 170 Å². The summed E-state index contributed by atoms with van der Waals surface area (Å²) in [5.41, 5.74) is 11.5. The number of fused-ring (bicyclic) bond motifs is 11. The Labute approximate surface area is 332 Å². The van der Waals surface area contributed by atoms with Crippen LogP contribution in [0, 0.1) is 0 Å². The van der Waals surface area contributed by atoms with Gasteiger partial charge in [0.2, 0.25) is 0 Å². The SMILES string of the molecule is CC1(C)c2ccccc2-c2c(c3c(c4ccccc24)c2ccccc2n3-c2ccc(-c3nc(-c4ccccc4)nc(-c4ccccc4)n3)c3ccccc23)C1(C)C. The fourth-order valence-electron chi connectivity index (χ4n) is 9.56. The highest BCUT2D eigenvalue weighted by atomic mass is 15.0. The molecule has 4 heteroatoms. The average molecular weight is 733 g/mol. The Bertz CT molecular complexity index is 3170. The Kier molecular flexibility index (Phi) is 7.21. The van der Waals surface area contributed by atoms with Gasteiger partial charge in [-0.25, -0.2) is 15.0 Å². The highest BCUT2D eigenvalue weighted by Crippen LogP contribution is 2.59. The topological polar surface area (TPSA) is 43.6 Å². The molecule has 0 radical (unpaired) electrons. The Morgan fingerprint density at radius 3 is 1.61 bits per heavy atom. The summed E-state index contributed by atoms with van der Waals surface area (Å²) in [6.45, 7) is 9.76. The van der Waals surface area contributed by atoms with Crippen LogP contribution in [0.1, 0.15) is 38.8 Å². The maximum absolute atomic E-state index is 5.16. The number of hydrogen-bond acceptors (Lipinski definition) is 3. The van der Waals surface area contributed by atoms with Gasteiger partial charge in [0.1, 0.15) is 0 Å². The molecule has 0 bridgehead atoms. The molecule has 4 nitrogen and oxygen atoms in total. The van der Waals surface area contributed by atoms with Gasteiger partial charge in [-0.05, 0) is 62.0 Å². The zero-order valence-electron chi connectivity index (χ0n) is 32.5. The standard InChI is InChI=1S/C53H40N4/c1-52(2)42-29-17-15-27-40(42)45-37-25-13-14-26-38(37)46-41-28-16-18-30-43(41)57(48(46)47(45)53(52,3)4)44-32-31-39(35-23-11-12-24-36(35)44)51-55-49(33-19-7-5-8-20-33)54-50(56-51)34-21-9-6-10-22-34/h5-32H,1-4H3. The molecule has 8 aromatic carbocycles. The number of aromatic nitrogens is 4. The van der Waals surface area contributed by atoms with Crippen molar-refractivity contribution in [2.45, 2.75) is 38.5 Å². The first-order valence-electron chi connectivity index (χ1n) is 19.8. The minimum atomic E-state index is -0.229. The van der Waals surface area contributed by atoms with Crippen LogP contribution in [0.25, 0.3) is 94.3 Å². The first-order valence-corrected chi connectivity index (χ1v) is 19.8. The third kappa shape index (κ3) is 4.77. The van der Waals surface area contributed by atoms with Gasteiger partial charge in [-0.1, -0.05) is 179 Å². The molecule has 0 atom stereocenters. The predicted molar refractivity (Wildman–Crippen MR) is 237 cm³/mol. The summed E-state index contributed by atoms with van der Waals surface area (Å²) in [6, 6.07) is 60.7. The molecule has 0 unspecified atom stereocenters. The molecule has 0 spiro atoms. The molecule has 2 heterocycles. The number of hydrogen-bond donors (Lipinski definition) is 0. The maximum atomic E-state index is 5.16. The van der Waals surface area contributed by atoms with Crippen molar-refractivity contribution in [2.75, 3.05) is 0 Å². The second kappa shape index (κ2) is 12.3. The van der Waals surface area contributed by atoms with Gasteiger partial charge < -0.3 is 4.57 Å². The maximum Gasteiger partial charge on any atom is 0.164 e. The second-order valence-electron chi connectivity index (χ2n) is 16.4. The van der Waals surface area contributed by atoms with E-state index in [4.69, 9.17) is 15.0 Å². The van der Waals surface area contributed by atoms with E-state index in [2.05, 4.69) is 166 Å². The molecule has 0 N–H and O–H groups in total. The van der Waals surface area contributed by atoms with Crippen LogP contribution in [0.5, 0.6) is 0 Å². The summed E-state index contributed by atoms with van der Waals surface area (Å²) in [4.78, 5) is 15.3. The highest BCUT2D eigenvalue weighted by molar-refractivity contribution is 6.27. The van der Waals surface area contributed by atoms with Crippen LogP contribution in [0.3, 0.4) is 0 Å². The van der Waals surface area contributed by atoms with E-state index in [1.807, 2.05) is 36.4 Å². The van der Waals surface area contributed by atoms with E-state index >= 15 is 0 Å². The molecular weight excluding hydrogens is 693 g/mol. The highest BCUT2D eigenvalue weighted by Gasteiger charge is 2.48. The van der Waals surface area contributed by atoms with E-state index in [0.29, 0.717) is 17.5 Å². The number of para-hydroxylation sites is 1. The summed E-state index contributed by atoms with van der Waals surface area (Å²) in [5, 5.41) is 7.36. The number of rotatable bonds is 4. The van der Waals surface area contributed by atoms with Crippen molar-refractivity contribution in [2.24, 2.45) is 0 Å². The van der Waals surface area contributed by atoms with Crippen molar-refractivity contribution in [1.29, 1.82) is 0 Å². The van der Waals surface area contributed by atoms with Crippen molar-refractivity contribution < 1.29 is 0 Å². The first kappa shape index (κ1) is 33.4. The van der Waals surface area contributed by atoms with Gasteiger partial charge in [0.25, 0.3) is 0 Å². The average Bonchev–Trinajstić information content (AvgIpc) is 3.60. The molecule has 1 aliphatic carbocycles. The van der Waals surface area contributed by atoms with Gasteiger partial charge in [-0.2, -0.15) is 0 Å². The molecule has 0 aliphatic heterocycles. The summed E-state index contributed by atoms with van der Waals surface area (Å²) >= 11 is 0. The monoisotopic (exact) mass is 732 g/mol. The molecule has 11 rings (SSSR count). The van der Waals surface area contributed by atoms with E-state index in [1.165, 1.54) is 54.8 Å². The summed E-state index contributed by atoms with van der Waals surface area (Å²) in [5.74, 6) is 1.95. The molecule has 0 saturated heterocycles. The Hall–Kier alpha value is -6.91. The van der Waals surface area contributed by atoms with Gasteiger partial charge >= 0.3 is 0 Å². The van der Waals surface area contributed by atoms with Crippen LogP contribution in [0.2, 0.25) is 0 Å². The molecule has 272 valence electrons. The summed E-state index contributed by atoms with van der Waals surface area (Å²) < 4.78 is 2.56. The zero-order chi connectivity index (χ0) is 38.5. The number of nitrogens with zero attached hydrogens (tertiary/aromatic N) is 4. The molecule has 10 aromatic rings. The molecule has 0 saturated carbocycles. The van der Waals surface area contributed by atoms with Gasteiger partial charge in [-0.15, -0.1) is 0 Å². The smallest absolute Gasteiger partial charge is 0.164 e. The Balaban J connectivity index is 1.26. The van der Waals surface area contributed by atoms with Gasteiger partial charge in [-0.3, -0.25) is 0 Å². The largest absolute Gasteiger partial charge is 0.308 e. The van der Waals surface area contributed by atoms with Crippen molar-refractivity contribution in [3.05, 3.63) is 181 Å². The first-order chi connectivity index (χ1) is 27.8. The van der Waals surface area contributed by atoms with Crippen molar-refractivity contribution >= 4 is 43.4 Å². The van der Waals surface area contributed by atoms with Crippen molar-refractivity contribution in [1.82, 2.24) is 19.5 Å².